The van der Waals surface area contributed by atoms with Crippen LogP contribution in [0, 0.1) is 0 Å². The molecule has 192 valence electrons. The van der Waals surface area contributed by atoms with E-state index in [0.29, 0.717) is 11.3 Å². The molecule has 2 aliphatic rings. The fraction of sp³-hybridized carbons (Fsp3) is 0.200. The van der Waals surface area contributed by atoms with E-state index in [2.05, 4.69) is 24.6 Å². The highest BCUT2D eigenvalue weighted by Crippen LogP contribution is 2.42. The lowest BCUT2D eigenvalue weighted by Crippen LogP contribution is -2.43. The number of hydrogen-bond acceptors (Lipinski definition) is 5. The van der Waals surface area contributed by atoms with Crippen LogP contribution in [0.15, 0.2) is 77.9 Å². The Hall–Kier alpha value is -4.35. The molecule has 0 bridgehead atoms. The van der Waals surface area contributed by atoms with Gasteiger partial charge in [0.1, 0.15) is 5.75 Å². The maximum absolute atomic E-state index is 13.5. The van der Waals surface area contributed by atoms with Crippen LogP contribution in [-0.2, 0) is 0 Å². The Morgan fingerprint density at radius 3 is 2.49 bits per heavy atom. The van der Waals surface area contributed by atoms with Crippen molar-refractivity contribution >= 4 is 17.4 Å². The Labute approximate surface area is 207 Å². The van der Waals surface area contributed by atoms with Gasteiger partial charge in [-0.2, -0.15) is 27.1 Å². The Morgan fingerprint density at radius 2 is 1.78 bits per heavy atom. The number of urea groups is 1. The number of carbonyl (C=O) groups excluding carboxylic acids is 1. The van der Waals surface area contributed by atoms with Gasteiger partial charge in [0.15, 0.2) is 11.5 Å². The van der Waals surface area contributed by atoms with Crippen LogP contribution in [0.25, 0.3) is 0 Å². The summed E-state index contributed by atoms with van der Waals surface area (Å²) in [4.78, 5) is 13.0. The molecule has 5 rings (SSSR count). The highest BCUT2D eigenvalue weighted by Gasteiger charge is 2.49. The van der Waals surface area contributed by atoms with Crippen LogP contribution >= 0.6 is 0 Å². The second kappa shape index (κ2) is 9.60. The topological polar surface area (TPSA) is 72.4 Å². The van der Waals surface area contributed by atoms with Crippen LogP contribution in [0.1, 0.15) is 17.0 Å². The minimum atomic E-state index is -4.13. The fourth-order valence-electron chi connectivity index (χ4n) is 3.97. The van der Waals surface area contributed by atoms with Gasteiger partial charge in [-0.25, -0.2) is 9.80 Å². The van der Waals surface area contributed by atoms with E-state index < -0.39 is 25.1 Å². The lowest BCUT2D eigenvalue weighted by atomic mass is 9.90. The molecule has 0 radical (unpaired) electrons. The normalized spacial score (nSPS) is 19.9. The molecule has 0 saturated heterocycles. The van der Waals surface area contributed by atoms with E-state index >= 15 is 0 Å². The van der Waals surface area contributed by atoms with Crippen molar-refractivity contribution < 1.29 is 41.0 Å². The lowest BCUT2D eigenvalue weighted by Gasteiger charge is -2.28. The van der Waals surface area contributed by atoms with Crippen molar-refractivity contribution in [1.29, 1.82) is 0 Å². The first-order chi connectivity index (χ1) is 17.7. The van der Waals surface area contributed by atoms with Crippen molar-refractivity contribution in [2.75, 3.05) is 11.9 Å². The Bertz CT molecular complexity index is 1320. The van der Waals surface area contributed by atoms with Crippen molar-refractivity contribution in [1.82, 2.24) is 5.01 Å². The first kappa shape index (κ1) is 24.3. The molecule has 37 heavy (non-hydrogen) atoms. The summed E-state index contributed by atoms with van der Waals surface area (Å²) in [6.45, 7) is -2.80. The number of rotatable bonds is 5. The second-order valence-electron chi connectivity index (χ2n) is 8.12. The highest BCUT2D eigenvalue weighted by atomic mass is 19.3. The predicted octanol–water partition coefficient (Wildman–Crippen LogP) is 5.98. The summed E-state index contributed by atoms with van der Waals surface area (Å²) < 4.78 is 78.6. The molecule has 0 unspecified atom stereocenters. The Balaban J connectivity index is 1.38. The van der Waals surface area contributed by atoms with E-state index in [0.717, 1.165) is 17.7 Å². The lowest BCUT2D eigenvalue weighted by molar-refractivity contribution is -0.281. The number of hydrogen-bond donors (Lipinski definition) is 1. The van der Waals surface area contributed by atoms with Crippen LogP contribution in [0.5, 0.6) is 17.2 Å². The molecule has 3 aromatic carbocycles. The van der Waals surface area contributed by atoms with Crippen LogP contribution < -0.4 is 19.5 Å². The van der Waals surface area contributed by atoms with E-state index in [1.54, 1.807) is 12.1 Å². The average molecular weight is 519 g/mol. The maximum Gasteiger partial charge on any atom is 0.468 e. The summed E-state index contributed by atoms with van der Waals surface area (Å²) in [5, 5.41) is 8.21. The van der Waals surface area contributed by atoms with Crippen LogP contribution in [-0.4, -0.2) is 42.4 Å². The average Bonchev–Trinajstić information content (AvgIpc) is 3.31. The summed E-state index contributed by atoms with van der Waals surface area (Å²) in [7, 11) is 0. The zero-order valence-corrected chi connectivity index (χ0v) is 18.8. The molecule has 1 N–H and O–H groups in total. The number of nitrogens with zero attached hydrogens (tertiary/aromatic N) is 2. The van der Waals surface area contributed by atoms with Crippen LogP contribution in [0.2, 0.25) is 0 Å². The molecule has 0 aliphatic carbocycles. The van der Waals surface area contributed by atoms with Crippen molar-refractivity contribution in [3.8, 4) is 17.2 Å². The van der Waals surface area contributed by atoms with Crippen molar-refractivity contribution in [2.45, 2.75) is 25.0 Å². The summed E-state index contributed by atoms with van der Waals surface area (Å²) >= 11 is 0. The van der Waals surface area contributed by atoms with Gasteiger partial charge in [-0.15, -0.1) is 0 Å². The largest absolute Gasteiger partial charge is 0.468 e. The number of hydrazone groups is 1. The number of nitrogens with one attached hydrogen (secondary N) is 1. The monoisotopic (exact) mass is 519 g/mol. The van der Waals surface area contributed by atoms with Gasteiger partial charge in [-0.3, -0.25) is 0 Å². The predicted molar refractivity (Wildman–Crippen MR) is 122 cm³/mol. The van der Waals surface area contributed by atoms with E-state index in [-0.39, 0.29) is 35.4 Å². The van der Waals surface area contributed by atoms with Crippen LogP contribution in [0.3, 0.4) is 0 Å². The van der Waals surface area contributed by atoms with Gasteiger partial charge in [0.2, 0.25) is 0 Å². The number of carbonyl (C=O) groups is 1. The van der Waals surface area contributed by atoms with E-state index in [9.17, 15) is 26.7 Å². The minimum absolute atomic E-state index is 0.0184. The van der Waals surface area contributed by atoms with Gasteiger partial charge < -0.3 is 19.5 Å². The number of amides is 2. The molecular weight excluding hydrogens is 501 g/mol. The summed E-state index contributed by atoms with van der Waals surface area (Å²) in [5.74, 6) is -1.02. The third-order valence-electron chi connectivity index (χ3n) is 5.66. The van der Waals surface area contributed by atoms with Gasteiger partial charge in [-0.05, 0) is 47.5 Å². The quantitative estimate of drug-likeness (QED) is 0.421. The highest BCUT2D eigenvalue weighted by molar-refractivity contribution is 6.08. The van der Waals surface area contributed by atoms with Gasteiger partial charge in [0.05, 0.1) is 12.3 Å². The first-order valence-electron chi connectivity index (χ1n) is 11.0. The SMILES string of the molecule is O=C(Nc1ccc2c(c1)O[C@H](F)C(F)(F)O2)N1C[C@@H](c2ccccc2)C(c2ccc(OC(F)F)cc2)=N1. The molecule has 0 spiro atoms. The standard InChI is InChI=1S/C25H18F5N3O4/c26-22-25(29,30)37-19-11-8-16(12-20(19)36-22)31-24(34)33-13-18(14-4-2-1-3-5-14)21(32-33)15-6-9-17(10-7-15)35-23(27)28/h1-12,18,22-23H,13H2,(H,31,34)/t18-,22-/m0/s1. The Morgan fingerprint density at radius 1 is 1.05 bits per heavy atom. The molecule has 2 atom stereocenters. The summed E-state index contributed by atoms with van der Waals surface area (Å²) in [6, 6.07) is 18.1. The number of fused-ring (bicyclic) bond motifs is 1. The summed E-state index contributed by atoms with van der Waals surface area (Å²) in [5.41, 5.74) is 2.13. The van der Waals surface area contributed by atoms with Gasteiger partial charge >= 0.3 is 25.1 Å². The third-order valence-corrected chi connectivity index (χ3v) is 5.66. The fourth-order valence-corrected chi connectivity index (χ4v) is 3.97. The van der Waals surface area contributed by atoms with Gasteiger partial charge in [0.25, 0.3) is 0 Å². The van der Waals surface area contributed by atoms with Crippen molar-refractivity contribution in [2.24, 2.45) is 5.10 Å². The maximum atomic E-state index is 13.5. The molecular formula is C25H18F5N3O4. The number of benzene rings is 3. The molecule has 7 nitrogen and oxygen atoms in total. The molecule has 3 aromatic rings. The smallest absolute Gasteiger partial charge is 0.447 e. The number of anilines is 1. The zero-order chi connectivity index (χ0) is 26.2. The third kappa shape index (κ3) is 5.13. The Kier molecular flexibility index (Phi) is 6.32. The van der Waals surface area contributed by atoms with Gasteiger partial charge in [-0.1, -0.05) is 30.3 Å². The minimum Gasteiger partial charge on any atom is -0.447 e. The van der Waals surface area contributed by atoms with Crippen LogP contribution in [0.4, 0.5) is 32.4 Å². The zero-order valence-electron chi connectivity index (χ0n) is 18.8. The van der Waals surface area contributed by atoms with Gasteiger partial charge in [0, 0.05) is 17.7 Å². The van der Waals surface area contributed by atoms with E-state index in [1.807, 2.05) is 30.3 Å². The van der Waals surface area contributed by atoms with E-state index in [4.69, 9.17) is 0 Å². The molecule has 0 fully saturated rings. The first-order valence-corrected chi connectivity index (χ1v) is 11.0. The molecule has 2 aliphatic heterocycles. The van der Waals surface area contributed by atoms with E-state index in [1.165, 1.54) is 23.2 Å². The number of alkyl halides is 5. The van der Waals surface area contributed by atoms with Crippen molar-refractivity contribution in [3.63, 3.8) is 0 Å². The molecule has 2 amide bonds. The van der Waals surface area contributed by atoms with Crippen molar-refractivity contribution in [3.05, 3.63) is 83.9 Å². The number of ether oxygens (including phenoxy) is 3. The number of halogens is 5. The molecule has 2 heterocycles. The molecule has 12 heteroatoms. The molecule has 0 aromatic heterocycles. The second-order valence-corrected chi connectivity index (χ2v) is 8.12. The molecule has 0 saturated carbocycles. The summed E-state index contributed by atoms with van der Waals surface area (Å²) in [6.07, 6.45) is -7.13.